The van der Waals surface area contributed by atoms with Gasteiger partial charge in [-0.3, -0.25) is 4.90 Å². The minimum Gasteiger partial charge on any atom is -0.308 e. The first kappa shape index (κ1) is 15.7. The lowest BCUT2D eigenvalue weighted by molar-refractivity contribution is 0.181. The van der Waals surface area contributed by atoms with Crippen LogP contribution < -0.4 is 5.32 Å². The fourth-order valence-electron chi connectivity index (χ4n) is 3.06. The second-order valence-corrected chi connectivity index (χ2v) is 7.43. The van der Waals surface area contributed by atoms with Crippen molar-refractivity contribution in [3.63, 3.8) is 0 Å². The monoisotopic (exact) mass is 318 g/mol. The lowest BCUT2D eigenvalue weighted by Gasteiger charge is -2.33. The van der Waals surface area contributed by atoms with Gasteiger partial charge in [-0.05, 0) is 44.5 Å². The molecule has 1 atom stereocenters. The molecule has 4 heteroatoms. The average Bonchev–Trinajstić information content (AvgIpc) is 2.94. The number of likely N-dealkylation sites (tertiary alicyclic amines) is 1. The fraction of sp³-hybridized carbons (Fsp3) is 0.444. The number of rotatable bonds is 5. The molecular formula is C18H23FN2S. The van der Waals surface area contributed by atoms with Crippen LogP contribution in [0.15, 0.2) is 36.4 Å². The number of halogens is 1. The van der Waals surface area contributed by atoms with Gasteiger partial charge in [-0.15, -0.1) is 11.3 Å². The second kappa shape index (κ2) is 7.36. The molecule has 0 radical (unpaired) electrons. The molecule has 1 fully saturated rings. The Kier molecular flexibility index (Phi) is 5.24. The summed E-state index contributed by atoms with van der Waals surface area (Å²) in [6.07, 6.45) is 2.38. The Hall–Kier alpha value is -1.23. The Bertz CT molecular complexity index is 611. The van der Waals surface area contributed by atoms with Gasteiger partial charge < -0.3 is 5.32 Å². The van der Waals surface area contributed by atoms with E-state index in [2.05, 4.69) is 29.3 Å². The predicted octanol–water partition coefficient (Wildman–Crippen LogP) is 3.95. The van der Waals surface area contributed by atoms with Crippen molar-refractivity contribution in [2.45, 2.75) is 38.9 Å². The van der Waals surface area contributed by atoms with Crippen LogP contribution in [0.2, 0.25) is 0 Å². The lowest BCUT2D eigenvalue weighted by Crippen LogP contribution is -2.45. The lowest BCUT2D eigenvalue weighted by atomic mass is 10.0. The molecule has 2 nitrogen and oxygen atoms in total. The summed E-state index contributed by atoms with van der Waals surface area (Å²) >= 11 is 1.86. The van der Waals surface area contributed by atoms with E-state index >= 15 is 0 Å². The van der Waals surface area contributed by atoms with Crippen LogP contribution in [-0.2, 0) is 13.1 Å². The first-order chi connectivity index (χ1) is 10.7. The molecule has 1 saturated heterocycles. The molecule has 1 aliphatic rings. The molecule has 1 aliphatic heterocycles. The minimum absolute atomic E-state index is 0.0911. The molecule has 1 aromatic carbocycles. The second-order valence-electron chi connectivity index (χ2n) is 6.06. The summed E-state index contributed by atoms with van der Waals surface area (Å²) in [6.45, 7) is 5.86. The topological polar surface area (TPSA) is 15.3 Å². The highest BCUT2D eigenvalue weighted by atomic mass is 32.1. The van der Waals surface area contributed by atoms with E-state index in [0.29, 0.717) is 12.6 Å². The van der Waals surface area contributed by atoms with Crippen molar-refractivity contribution in [1.29, 1.82) is 0 Å². The third-order valence-corrected chi connectivity index (χ3v) is 5.22. The molecule has 0 amide bonds. The maximum Gasteiger partial charge on any atom is 0.127 e. The van der Waals surface area contributed by atoms with E-state index < -0.39 is 0 Å². The van der Waals surface area contributed by atoms with Gasteiger partial charge in [0.1, 0.15) is 5.82 Å². The Labute approximate surface area is 136 Å². The van der Waals surface area contributed by atoms with Gasteiger partial charge in [0.05, 0.1) is 0 Å². The van der Waals surface area contributed by atoms with E-state index in [4.69, 9.17) is 0 Å². The summed E-state index contributed by atoms with van der Waals surface area (Å²) in [5.74, 6) is -0.0911. The van der Waals surface area contributed by atoms with E-state index in [-0.39, 0.29) is 5.82 Å². The van der Waals surface area contributed by atoms with Gasteiger partial charge in [-0.25, -0.2) is 4.39 Å². The van der Waals surface area contributed by atoms with Gasteiger partial charge >= 0.3 is 0 Å². The van der Waals surface area contributed by atoms with Gasteiger partial charge in [-0.1, -0.05) is 18.2 Å². The Morgan fingerprint density at radius 3 is 2.91 bits per heavy atom. The molecule has 0 unspecified atom stereocenters. The number of nitrogens with one attached hydrogen (secondary N) is 1. The van der Waals surface area contributed by atoms with Crippen LogP contribution in [0.4, 0.5) is 4.39 Å². The molecule has 22 heavy (non-hydrogen) atoms. The highest BCUT2D eigenvalue weighted by Crippen LogP contribution is 2.18. The first-order valence-electron chi connectivity index (χ1n) is 7.95. The van der Waals surface area contributed by atoms with E-state index in [1.165, 1.54) is 22.6 Å². The van der Waals surface area contributed by atoms with E-state index in [1.807, 2.05) is 23.5 Å². The molecule has 118 valence electrons. The highest BCUT2D eigenvalue weighted by molar-refractivity contribution is 7.11. The number of benzene rings is 1. The quantitative estimate of drug-likeness (QED) is 0.898. The van der Waals surface area contributed by atoms with Crippen LogP contribution in [0.25, 0.3) is 0 Å². The van der Waals surface area contributed by atoms with Crippen molar-refractivity contribution < 1.29 is 4.39 Å². The summed E-state index contributed by atoms with van der Waals surface area (Å²) in [7, 11) is 0. The average molecular weight is 318 g/mol. The van der Waals surface area contributed by atoms with Crippen LogP contribution in [-0.4, -0.2) is 24.0 Å². The van der Waals surface area contributed by atoms with E-state index in [1.54, 1.807) is 12.1 Å². The molecule has 1 N–H and O–H groups in total. The number of hydrogen-bond donors (Lipinski definition) is 1. The summed E-state index contributed by atoms with van der Waals surface area (Å²) in [4.78, 5) is 5.12. The van der Waals surface area contributed by atoms with Crippen molar-refractivity contribution >= 4 is 11.3 Å². The predicted molar refractivity (Wildman–Crippen MR) is 90.6 cm³/mol. The summed E-state index contributed by atoms with van der Waals surface area (Å²) < 4.78 is 13.8. The Morgan fingerprint density at radius 2 is 2.14 bits per heavy atom. The van der Waals surface area contributed by atoms with Gasteiger partial charge in [0.15, 0.2) is 0 Å². The number of piperidine rings is 1. The van der Waals surface area contributed by atoms with Gasteiger partial charge in [-0.2, -0.15) is 0 Å². The van der Waals surface area contributed by atoms with Gasteiger partial charge in [0, 0.05) is 41.0 Å². The van der Waals surface area contributed by atoms with Crippen LogP contribution in [0, 0.1) is 12.7 Å². The van der Waals surface area contributed by atoms with Crippen molar-refractivity contribution in [2.24, 2.45) is 0 Å². The number of nitrogens with zero attached hydrogens (tertiary/aromatic N) is 1. The third kappa shape index (κ3) is 4.15. The van der Waals surface area contributed by atoms with Crippen LogP contribution in [0.5, 0.6) is 0 Å². The smallest absolute Gasteiger partial charge is 0.127 e. The molecule has 0 saturated carbocycles. The standard InChI is InChI=1S/C18H23FN2S/c1-14-8-9-17(22-14)11-20-16-6-4-10-21(13-16)12-15-5-2-3-7-18(15)19/h2-3,5,7-9,16,20H,4,6,10-13H2,1H3/t16-/m0/s1. The highest BCUT2D eigenvalue weighted by Gasteiger charge is 2.20. The van der Waals surface area contributed by atoms with Crippen LogP contribution in [0.1, 0.15) is 28.2 Å². The molecule has 1 aromatic heterocycles. The minimum atomic E-state index is -0.0911. The molecule has 2 aromatic rings. The number of aryl methyl sites for hydroxylation is 1. The molecule has 3 rings (SSSR count). The molecular weight excluding hydrogens is 295 g/mol. The summed E-state index contributed by atoms with van der Waals surface area (Å²) in [6, 6.07) is 12.0. The SMILES string of the molecule is Cc1ccc(CN[C@H]2CCCN(Cc3ccccc3F)C2)s1. The maximum absolute atomic E-state index is 13.8. The van der Waals surface area contributed by atoms with Crippen LogP contribution in [0.3, 0.4) is 0 Å². The van der Waals surface area contributed by atoms with Crippen molar-refractivity contribution in [2.75, 3.05) is 13.1 Å². The van der Waals surface area contributed by atoms with Crippen molar-refractivity contribution in [1.82, 2.24) is 10.2 Å². The normalized spacial score (nSPS) is 19.5. The molecule has 0 spiro atoms. The largest absolute Gasteiger partial charge is 0.308 e. The Morgan fingerprint density at radius 1 is 1.27 bits per heavy atom. The molecule has 0 bridgehead atoms. The molecule has 2 heterocycles. The van der Waals surface area contributed by atoms with Gasteiger partial charge in [0.25, 0.3) is 0 Å². The zero-order chi connectivity index (χ0) is 15.4. The van der Waals surface area contributed by atoms with Gasteiger partial charge in [0.2, 0.25) is 0 Å². The van der Waals surface area contributed by atoms with Crippen molar-refractivity contribution in [3.8, 4) is 0 Å². The fourth-order valence-corrected chi connectivity index (χ4v) is 3.90. The number of hydrogen-bond acceptors (Lipinski definition) is 3. The number of thiophene rings is 1. The maximum atomic E-state index is 13.8. The summed E-state index contributed by atoms with van der Waals surface area (Å²) in [5.41, 5.74) is 0.803. The van der Waals surface area contributed by atoms with E-state index in [0.717, 1.165) is 25.2 Å². The van der Waals surface area contributed by atoms with E-state index in [9.17, 15) is 4.39 Å². The zero-order valence-electron chi connectivity index (χ0n) is 13.0. The van der Waals surface area contributed by atoms with Crippen molar-refractivity contribution in [3.05, 3.63) is 57.5 Å². The third-order valence-electron chi connectivity index (χ3n) is 4.22. The zero-order valence-corrected chi connectivity index (χ0v) is 13.8. The molecule has 0 aliphatic carbocycles. The Balaban J connectivity index is 1.52. The summed E-state index contributed by atoms with van der Waals surface area (Å²) in [5, 5.41) is 3.66. The van der Waals surface area contributed by atoms with Crippen LogP contribution >= 0.6 is 11.3 Å². The first-order valence-corrected chi connectivity index (χ1v) is 8.77.